The summed E-state index contributed by atoms with van der Waals surface area (Å²) in [4.78, 5) is 18.1. The number of nitrogens with one attached hydrogen (secondary N) is 1. The minimum absolute atomic E-state index is 0.00435. The smallest absolute Gasteiger partial charge is 0.335 e. The molecule has 1 unspecified atom stereocenters. The number of aromatic nitrogens is 1. The zero-order chi connectivity index (χ0) is 20.2. The maximum absolute atomic E-state index is 11.1. The molecule has 0 amide bonds. The maximum atomic E-state index is 11.1. The van der Waals surface area contributed by atoms with Gasteiger partial charge < -0.3 is 20.1 Å². The Morgan fingerprint density at radius 1 is 1.24 bits per heavy atom. The fourth-order valence-corrected chi connectivity index (χ4v) is 4.41. The van der Waals surface area contributed by atoms with Crippen LogP contribution in [0, 0.1) is 5.92 Å². The van der Waals surface area contributed by atoms with E-state index in [9.17, 15) is 4.79 Å². The van der Waals surface area contributed by atoms with Gasteiger partial charge in [-0.2, -0.15) is 0 Å². The Morgan fingerprint density at radius 3 is 2.72 bits per heavy atom. The molecule has 1 aliphatic heterocycles. The summed E-state index contributed by atoms with van der Waals surface area (Å²) >= 11 is 0. The Kier molecular flexibility index (Phi) is 5.88. The second-order valence-corrected chi connectivity index (χ2v) is 8.10. The number of benzene rings is 1. The quantitative estimate of drug-likeness (QED) is 0.736. The van der Waals surface area contributed by atoms with Crippen LogP contribution < -0.4 is 15.0 Å². The molecule has 1 aromatic carbocycles. The molecule has 6 heteroatoms. The normalized spacial score (nSPS) is 17.9. The standard InChI is InChI=1S/C23H29N3O3/c1-16(18-7-9-19(10-8-18)23(27)28)25-22-21-20(11-12-24-22)29-14-13-26(21)15-17-5-3-2-4-6-17/h7-12,16-17H,2-6,13-15H2,1H3,(H,24,25)(H,27,28). The number of fused-ring (bicyclic) bond motifs is 1. The van der Waals surface area contributed by atoms with Crippen molar-refractivity contribution in [3.05, 3.63) is 47.7 Å². The molecule has 4 rings (SSSR count). The van der Waals surface area contributed by atoms with Gasteiger partial charge in [-0.25, -0.2) is 9.78 Å². The Bertz CT molecular complexity index is 847. The highest BCUT2D eigenvalue weighted by molar-refractivity contribution is 5.87. The average Bonchev–Trinajstić information content (AvgIpc) is 2.75. The molecule has 2 N–H and O–H groups in total. The second kappa shape index (κ2) is 8.72. The van der Waals surface area contributed by atoms with Crippen molar-refractivity contribution < 1.29 is 14.6 Å². The van der Waals surface area contributed by atoms with E-state index in [1.807, 2.05) is 18.2 Å². The summed E-state index contributed by atoms with van der Waals surface area (Å²) in [5.74, 6) is 1.54. The number of carboxylic acids is 1. The van der Waals surface area contributed by atoms with Gasteiger partial charge in [0, 0.05) is 18.8 Å². The Hall–Kier alpha value is -2.76. The monoisotopic (exact) mass is 395 g/mol. The summed E-state index contributed by atoms with van der Waals surface area (Å²) in [6.07, 6.45) is 8.44. The van der Waals surface area contributed by atoms with Gasteiger partial charge in [-0.3, -0.25) is 0 Å². The molecular formula is C23H29N3O3. The van der Waals surface area contributed by atoms with Gasteiger partial charge in [0.1, 0.15) is 18.0 Å². The van der Waals surface area contributed by atoms with Gasteiger partial charge in [0.2, 0.25) is 0 Å². The van der Waals surface area contributed by atoms with Crippen LogP contribution in [-0.4, -0.2) is 35.8 Å². The SMILES string of the molecule is CC(Nc1nccc2c1N(CC1CCCCC1)CCO2)c1ccc(C(=O)O)cc1. The molecule has 154 valence electrons. The number of nitrogens with zero attached hydrogens (tertiary/aromatic N) is 2. The number of pyridine rings is 1. The van der Waals surface area contributed by atoms with Crippen molar-refractivity contribution in [1.29, 1.82) is 0 Å². The van der Waals surface area contributed by atoms with Crippen LogP contribution in [0.25, 0.3) is 0 Å². The predicted octanol–water partition coefficient (Wildman–Crippen LogP) is 4.73. The van der Waals surface area contributed by atoms with E-state index in [1.54, 1.807) is 18.3 Å². The van der Waals surface area contributed by atoms with E-state index in [2.05, 4.69) is 22.1 Å². The summed E-state index contributed by atoms with van der Waals surface area (Å²) in [6.45, 7) is 4.70. The lowest BCUT2D eigenvalue weighted by atomic mass is 9.89. The maximum Gasteiger partial charge on any atom is 0.335 e. The lowest BCUT2D eigenvalue weighted by Crippen LogP contribution is -2.37. The van der Waals surface area contributed by atoms with Gasteiger partial charge in [-0.1, -0.05) is 31.4 Å². The number of hydrogen-bond donors (Lipinski definition) is 2. The lowest BCUT2D eigenvalue weighted by molar-refractivity contribution is 0.0697. The molecule has 1 atom stereocenters. The van der Waals surface area contributed by atoms with Gasteiger partial charge in [-0.05, 0) is 43.4 Å². The minimum Gasteiger partial charge on any atom is -0.489 e. The van der Waals surface area contributed by atoms with Gasteiger partial charge in [0.25, 0.3) is 0 Å². The van der Waals surface area contributed by atoms with Crippen LogP contribution in [0.4, 0.5) is 11.5 Å². The molecular weight excluding hydrogens is 366 g/mol. The number of aromatic carboxylic acids is 1. The first kappa shape index (κ1) is 19.6. The van der Waals surface area contributed by atoms with E-state index in [-0.39, 0.29) is 6.04 Å². The molecule has 6 nitrogen and oxygen atoms in total. The molecule has 29 heavy (non-hydrogen) atoms. The van der Waals surface area contributed by atoms with Gasteiger partial charge in [-0.15, -0.1) is 0 Å². The molecule has 1 aliphatic carbocycles. The molecule has 0 radical (unpaired) electrons. The molecule has 2 aliphatic rings. The molecule has 1 aromatic heterocycles. The van der Waals surface area contributed by atoms with Crippen LogP contribution in [0.2, 0.25) is 0 Å². The van der Waals surface area contributed by atoms with E-state index >= 15 is 0 Å². The first-order chi connectivity index (χ1) is 14.1. The molecule has 2 heterocycles. The zero-order valence-electron chi connectivity index (χ0n) is 16.9. The van der Waals surface area contributed by atoms with Crippen LogP contribution in [0.15, 0.2) is 36.5 Å². The first-order valence-electron chi connectivity index (χ1n) is 10.6. The predicted molar refractivity (Wildman–Crippen MR) is 114 cm³/mol. The Labute approximate surface area is 171 Å². The minimum atomic E-state index is -0.911. The van der Waals surface area contributed by atoms with Gasteiger partial charge >= 0.3 is 5.97 Å². The highest BCUT2D eigenvalue weighted by atomic mass is 16.5. The molecule has 1 saturated carbocycles. The summed E-state index contributed by atoms with van der Waals surface area (Å²) < 4.78 is 5.93. The van der Waals surface area contributed by atoms with Crippen LogP contribution in [0.1, 0.15) is 61.0 Å². The van der Waals surface area contributed by atoms with E-state index in [0.29, 0.717) is 12.2 Å². The lowest BCUT2D eigenvalue weighted by Gasteiger charge is -2.36. The summed E-state index contributed by atoms with van der Waals surface area (Å²) in [5, 5.41) is 12.6. The van der Waals surface area contributed by atoms with Crippen molar-refractivity contribution in [2.75, 3.05) is 29.9 Å². The third kappa shape index (κ3) is 4.47. The summed E-state index contributed by atoms with van der Waals surface area (Å²) in [7, 11) is 0. The third-order valence-electron chi connectivity index (χ3n) is 6.04. The van der Waals surface area contributed by atoms with Crippen molar-refractivity contribution in [1.82, 2.24) is 4.98 Å². The summed E-state index contributed by atoms with van der Waals surface area (Å²) in [6, 6.07) is 8.93. The largest absolute Gasteiger partial charge is 0.489 e. The molecule has 1 fully saturated rings. The number of carboxylic acid groups (broad SMARTS) is 1. The number of carbonyl (C=O) groups is 1. The van der Waals surface area contributed by atoms with Gasteiger partial charge in [0.05, 0.1) is 18.2 Å². The van der Waals surface area contributed by atoms with Crippen molar-refractivity contribution in [3.63, 3.8) is 0 Å². The van der Waals surface area contributed by atoms with Crippen molar-refractivity contribution in [2.45, 2.75) is 45.1 Å². The highest BCUT2D eigenvalue weighted by Crippen LogP contribution is 2.39. The number of ether oxygens (including phenoxy) is 1. The van der Waals surface area contributed by atoms with Crippen LogP contribution in [0.3, 0.4) is 0 Å². The average molecular weight is 396 g/mol. The molecule has 0 spiro atoms. The number of hydrogen-bond acceptors (Lipinski definition) is 5. The Balaban J connectivity index is 1.54. The topological polar surface area (TPSA) is 74.7 Å². The Morgan fingerprint density at radius 2 is 2.00 bits per heavy atom. The van der Waals surface area contributed by atoms with E-state index in [4.69, 9.17) is 9.84 Å². The zero-order valence-corrected chi connectivity index (χ0v) is 16.9. The van der Waals surface area contributed by atoms with Crippen molar-refractivity contribution >= 4 is 17.5 Å². The van der Waals surface area contributed by atoms with Crippen LogP contribution in [-0.2, 0) is 0 Å². The second-order valence-electron chi connectivity index (χ2n) is 8.10. The van der Waals surface area contributed by atoms with Crippen molar-refractivity contribution in [3.8, 4) is 5.75 Å². The fraction of sp³-hybridized carbons (Fsp3) is 0.478. The van der Waals surface area contributed by atoms with E-state index in [0.717, 1.165) is 41.8 Å². The first-order valence-corrected chi connectivity index (χ1v) is 10.6. The van der Waals surface area contributed by atoms with Crippen LogP contribution >= 0.6 is 0 Å². The van der Waals surface area contributed by atoms with Crippen molar-refractivity contribution in [2.24, 2.45) is 5.92 Å². The molecule has 0 saturated heterocycles. The van der Waals surface area contributed by atoms with Gasteiger partial charge in [0.15, 0.2) is 5.82 Å². The highest BCUT2D eigenvalue weighted by Gasteiger charge is 2.26. The van der Waals surface area contributed by atoms with Crippen LogP contribution in [0.5, 0.6) is 5.75 Å². The summed E-state index contributed by atoms with van der Waals surface area (Å²) in [5.41, 5.74) is 2.37. The molecule has 0 bridgehead atoms. The fourth-order valence-electron chi connectivity index (χ4n) is 4.41. The number of anilines is 2. The third-order valence-corrected chi connectivity index (χ3v) is 6.04. The molecule has 2 aromatic rings. The van der Waals surface area contributed by atoms with E-state index in [1.165, 1.54) is 32.1 Å². The van der Waals surface area contributed by atoms with E-state index < -0.39 is 5.97 Å². The number of rotatable bonds is 6.